The topological polar surface area (TPSA) is 161 Å². The van der Waals surface area contributed by atoms with Crippen LogP contribution in [0, 0.1) is 16.7 Å². The first-order valence-corrected chi connectivity index (χ1v) is 11.2. The molecular weight excluding hydrogens is 442 g/mol. The lowest BCUT2D eigenvalue weighted by Crippen LogP contribution is -2.49. The highest BCUT2D eigenvalue weighted by molar-refractivity contribution is 5.97. The number of phenolic OH excluding ortho intramolecular Hbond substituents is 1. The van der Waals surface area contributed by atoms with Crippen LogP contribution in [0.5, 0.6) is 11.5 Å². The van der Waals surface area contributed by atoms with Gasteiger partial charge in [0.25, 0.3) is 5.91 Å². The maximum atomic E-state index is 12.6. The largest absolute Gasteiger partial charge is 0.507 e. The minimum absolute atomic E-state index is 0.0325. The summed E-state index contributed by atoms with van der Waals surface area (Å²) >= 11 is 0. The molecule has 1 saturated carbocycles. The predicted octanol–water partition coefficient (Wildman–Crippen LogP) is 0.301. The normalized spacial score (nSPS) is 18.8. The second kappa shape index (κ2) is 9.78. The number of carboxylic acid groups (broad SMARTS) is 1. The maximum Gasteiger partial charge on any atom is 0.328 e. The quantitative estimate of drug-likeness (QED) is 0.263. The van der Waals surface area contributed by atoms with Crippen molar-refractivity contribution in [2.24, 2.45) is 21.7 Å². The Hall–Kier alpha value is -3.50. The van der Waals surface area contributed by atoms with Gasteiger partial charge in [0.15, 0.2) is 5.96 Å². The lowest BCUT2D eigenvalue weighted by molar-refractivity contribution is -0.142. The number of hydrogen-bond donors (Lipinski definition) is 6. The van der Waals surface area contributed by atoms with E-state index < -0.39 is 17.9 Å². The van der Waals surface area contributed by atoms with Crippen molar-refractivity contribution in [3.8, 4) is 11.5 Å². The Bertz CT molecular complexity index is 976. The fraction of sp³-hybridized carbons (Fsp3) is 0.565. The molecule has 0 radical (unpaired) electrons. The number of nitrogens with one attached hydrogen (secondary N) is 4. The van der Waals surface area contributed by atoms with Crippen molar-refractivity contribution in [2.45, 2.75) is 33.7 Å². The number of carboxylic acids is 1. The summed E-state index contributed by atoms with van der Waals surface area (Å²) in [4.78, 5) is 40.9. The summed E-state index contributed by atoms with van der Waals surface area (Å²) in [5, 5.41) is 30.8. The average Bonchev–Trinajstić information content (AvgIpc) is 3.08. The third kappa shape index (κ3) is 5.35. The highest BCUT2D eigenvalue weighted by atomic mass is 16.5. The number of benzene rings is 1. The monoisotopic (exact) mass is 475 g/mol. The molecule has 3 rings (SSSR count). The number of ether oxygens (including phenoxy) is 1. The van der Waals surface area contributed by atoms with Crippen LogP contribution >= 0.6 is 0 Å². The van der Waals surface area contributed by atoms with E-state index >= 15 is 0 Å². The van der Waals surface area contributed by atoms with Crippen molar-refractivity contribution < 1.29 is 29.3 Å². The Balaban J connectivity index is 1.49. The van der Waals surface area contributed by atoms with Crippen LogP contribution < -0.4 is 26.0 Å². The van der Waals surface area contributed by atoms with Crippen LogP contribution in [0.4, 0.5) is 0 Å². The van der Waals surface area contributed by atoms with E-state index in [0.29, 0.717) is 18.9 Å². The molecule has 0 saturated heterocycles. The summed E-state index contributed by atoms with van der Waals surface area (Å²) in [6, 6.07) is 2.95. The number of guanidine groups is 1. The van der Waals surface area contributed by atoms with Gasteiger partial charge in [-0.25, -0.2) is 4.79 Å². The number of amides is 2. The molecule has 2 aliphatic rings. The van der Waals surface area contributed by atoms with Crippen LogP contribution in [-0.4, -0.2) is 72.8 Å². The molecule has 1 heterocycles. The highest BCUT2D eigenvalue weighted by Gasteiger charge is 2.68. The van der Waals surface area contributed by atoms with Crippen molar-refractivity contribution in [2.75, 3.05) is 32.8 Å². The average molecular weight is 476 g/mol. The fourth-order valence-corrected chi connectivity index (χ4v) is 4.24. The SMILES string of the molecule is CC1(C)C(C(=O)N[C@@H](CNC(=O)c2ccc(OCCNC3=NCCN3)cc2O)C(=O)O)C1(C)C. The number of aliphatic carboxylic acids is 1. The van der Waals surface area contributed by atoms with E-state index in [4.69, 9.17) is 4.74 Å². The Morgan fingerprint density at radius 3 is 2.50 bits per heavy atom. The van der Waals surface area contributed by atoms with Gasteiger partial charge in [-0.1, -0.05) is 27.7 Å². The van der Waals surface area contributed by atoms with E-state index in [0.717, 1.165) is 19.0 Å². The van der Waals surface area contributed by atoms with E-state index in [2.05, 4.69) is 26.3 Å². The van der Waals surface area contributed by atoms with E-state index in [9.17, 15) is 24.6 Å². The number of hydrogen-bond acceptors (Lipinski definition) is 8. The molecule has 0 aromatic heterocycles. The minimum atomic E-state index is -1.29. The zero-order valence-corrected chi connectivity index (χ0v) is 19.9. The summed E-state index contributed by atoms with van der Waals surface area (Å²) < 4.78 is 5.55. The molecule has 1 atom stereocenters. The first kappa shape index (κ1) is 25.1. The molecule has 6 N–H and O–H groups in total. The van der Waals surface area contributed by atoms with Crippen molar-refractivity contribution in [1.82, 2.24) is 21.3 Å². The summed E-state index contributed by atoms with van der Waals surface area (Å²) in [5.74, 6) is -1.80. The summed E-state index contributed by atoms with van der Waals surface area (Å²) in [5.41, 5.74) is -0.511. The van der Waals surface area contributed by atoms with Crippen molar-refractivity contribution in [3.05, 3.63) is 23.8 Å². The minimum Gasteiger partial charge on any atom is -0.507 e. The number of aliphatic imine (C=N–C) groups is 1. The van der Waals surface area contributed by atoms with Gasteiger partial charge in [-0.15, -0.1) is 0 Å². The Morgan fingerprint density at radius 2 is 1.94 bits per heavy atom. The zero-order valence-electron chi connectivity index (χ0n) is 19.9. The molecule has 0 spiro atoms. The third-order valence-electron chi connectivity index (χ3n) is 6.92. The molecular formula is C23H33N5O6. The van der Waals surface area contributed by atoms with Crippen LogP contribution in [-0.2, 0) is 9.59 Å². The number of aromatic hydroxyl groups is 1. The number of carbonyl (C=O) groups is 3. The van der Waals surface area contributed by atoms with Crippen LogP contribution in [0.1, 0.15) is 38.1 Å². The van der Waals surface area contributed by atoms with E-state index in [1.165, 1.54) is 18.2 Å². The molecule has 1 aliphatic carbocycles. The van der Waals surface area contributed by atoms with Crippen molar-refractivity contribution in [3.63, 3.8) is 0 Å². The number of phenols is 1. The molecule has 0 bridgehead atoms. The van der Waals surface area contributed by atoms with Crippen LogP contribution in [0.3, 0.4) is 0 Å². The van der Waals surface area contributed by atoms with Gasteiger partial charge in [-0.05, 0) is 23.0 Å². The fourth-order valence-electron chi connectivity index (χ4n) is 4.24. The summed E-state index contributed by atoms with van der Waals surface area (Å²) in [7, 11) is 0. The highest BCUT2D eigenvalue weighted by Crippen LogP contribution is 2.68. The second-order valence-corrected chi connectivity index (χ2v) is 9.60. The van der Waals surface area contributed by atoms with Gasteiger partial charge in [0.05, 0.1) is 18.7 Å². The zero-order chi connectivity index (χ0) is 25.1. The molecule has 11 nitrogen and oxygen atoms in total. The molecule has 34 heavy (non-hydrogen) atoms. The molecule has 1 aliphatic heterocycles. The third-order valence-corrected chi connectivity index (χ3v) is 6.92. The van der Waals surface area contributed by atoms with Crippen molar-refractivity contribution >= 4 is 23.7 Å². The van der Waals surface area contributed by atoms with Gasteiger partial charge < -0.3 is 36.2 Å². The number of carbonyl (C=O) groups excluding carboxylic acids is 2. The Morgan fingerprint density at radius 1 is 1.24 bits per heavy atom. The van der Waals surface area contributed by atoms with E-state index in [1.807, 2.05) is 27.7 Å². The number of nitrogens with zero attached hydrogens (tertiary/aromatic N) is 1. The predicted molar refractivity (Wildman–Crippen MR) is 125 cm³/mol. The van der Waals surface area contributed by atoms with Crippen molar-refractivity contribution in [1.29, 1.82) is 0 Å². The van der Waals surface area contributed by atoms with Crippen LogP contribution in [0.25, 0.3) is 0 Å². The first-order chi connectivity index (χ1) is 15.9. The summed E-state index contributed by atoms with van der Waals surface area (Å²) in [6.45, 7) is 9.88. The van der Waals surface area contributed by atoms with Gasteiger partial charge in [0.2, 0.25) is 5.91 Å². The molecule has 1 aromatic rings. The molecule has 186 valence electrons. The van der Waals surface area contributed by atoms with Gasteiger partial charge in [-0.2, -0.15) is 0 Å². The molecule has 2 amide bonds. The van der Waals surface area contributed by atoms with Crippen LogP contribution in [0.2, 0.25) is 0 Å². The number of rotatable bonds is 10. The standard InChI is InChI=1S/C23H33N5O6/c1-22(2)17(23(22,3)4)19(31)28-15(20(32)33)12-27-18(30)14-6-5-13(11-16(14)29)34-10-9-26-21-24-7-8-25-21/h5-6,11,15,17,29H,7-10,12H2,1-4H3,(H,27,30)(H,28,31)(H,32,33)(H2,24,25,26)/t15-/m0/s1. The van der Waals surface area contributed by atoms with Gasteiger partial charge in [-0.3, -0.25) is 14.6 Å². The maximum absolute atomic E-state index is 12.6. The second-order valence-electron chi connectivity index (χ2n) is 9.60. The van der Waals surface area contributed by atoms with E-state index in [1.54, 1.807) is 0 Å². The van der Waals surface area contributed by atoms with Gasteiger partial charge in [0.1, 0.15) is 24.1 Å². The Kier molecular flexibility index (Phi) is 7.23. The molecule has 11 heteroatoms. The lowest BCUT2D eigenvalue weighted by atomic mass is 10.0. The Labute approximate surface area is 198 Å². The van der Waals surface area contributed by atoms with Crippen LogP contribution in [0.15, 0.2) is 23.2 Å². The molecule has 1 aromatic carbocycles. The van der Waals surface area contributed by atoms with Gasteiger partial charge >= 0.3 is 5.97 Å². The first-order valence-electron chi connectivity index (χ1n) is 11.2. The summed E-state index contributed by atoms with van der Waals surface area (Å²) in [6.07, 6.45) is 0. The van der Waals surface area contributed by atoms with E-state index in [-0.39, 0.29) is 40.5 Å². The smallest absolute Gasteiger partial charge is 0.328 e. The molecule has 0 unspecified atom stereocenters. The lowest BCUT2D eigenvalue weighted by Gasteiger charge is -2.16. The van der Waals surface area contributed by atoms with Gasteiger partial charge in [0, 0.05) is 25.1 Å². The molecule has 1 fully saturated rings.